The van der Waals surface area contributed by atoms with Gasteiger partial charge in [-0.05, 0) is 25.0 Å². The summed E-state index contributed by atoms with van der Waals surface area (Å²) in [7, 11) is 1.83. The minimum absolute atomic E-state index is 0.00266. The first-order valence-electron chi connectivity index (χ1n) is 7.90. The lowest BCUT2D eigenvalue weighted by Gasteiger charge is -2.19. The number of rotatable bonds is 6. The molecule has 3 N–H and O–H groups in total. The van der Waals surface area contributed by atoms with Gasteiger partial charge in [0.2, 0.25) is 0 Å². The van der Waals surface area contributed by atoms with E-state index in [9.17, 15) is 9.59 Å². The Kier molecular flexibility index (Phi) is 4.66. The highest BCUT2D eigenvalue weighted by atomic mass is 16.6. The first kappa shape index (κ1) is 15.6. The molecule has 2 amide bonds. The van der Waals surface area contributed by atoms with Crippen molar-refractivity contribution in [3.63, 3.8) is 0 Å². The fourth-order valence-corrected chi connectivity index (χ4v) is 2.44. The number of ether oxygens (including phenoxy) is 2. The maximum atomic E-state index is 12.1. The molecule has 7 heteroatoms. The fourth-order valence-electron chi connectivity index (χ4n) is 2.44. The maximum absolute atomic E-state index is 12.1. The van der Waals surface area contributed by atoms with Gasteiger partial charge in [0, 0.05) is 17.8 Å². The summed E-state index contributed by atoms with van der Waals surface area (Å²) in [4.78, 5) is 24.6. The summed E-state index contributed by atoms with van der Waals surface area (Å²) < 4.78 is 10.9. The molecule has 1 heterocycles. The highest BCUT2D eigenvalue weighted by Crippen LogP contribution is 2.32. The largest absolute Gasteiger partial charge is 0.486 e. The van der Waals surface area contributed by atoms with Crippen molar-refractivity contribution in [2.75, 3.05) is 38.7 Å². The zero-order chi connectivity index (χ0) is 16.2. The number of quaternary nitrogens is 1. The molecule has 1 unspecified atom stereocenters. The van der Waals surface area contributed by atoms with Crippen LogP contribution in [0.5, 0.6) is 11.5 Å². The molecule has 124 valence electrons. The van der Waals surface area contributed by atoms with Gasteiger partial charge in [-0.25, -0.2) is 0 Å². The van der Waals surface area contributed by atoms with Crippen LogP contribution in [0.1, 0.15) is 12.8 Å². The number of amides is 2. The third kappa shape index (κ3) is 4.59. The highest BCUT2D eigenvalue weighted by Gasteiger charge is 2.25. The second-order valence-corrected chi connectivity index (χ2v) is 6.06. The van der Waals surface area contributed by atoms with Crippen LogP contribution in [0.15, 0.2) is 18.2 Å². The van der Waals surface area contributed by atoms with Crippen LogP contribution in [-0.2, 0) is 9.59 Å². The van der Waals surface area contributed by atoms with Gasteiger partial charge in [-0.1, -0.05) is 0 Å². The van der Waals surface area contributed by atoms with Gasteiger partial charge in [-0.2, -0.15) is 0 Å². The SMILES string of the molecule is C[NH+](CC(=O)Nc1ccc2c(c1)OCCO2)CC(=O)NC1CC1. The van der Waals surface area contributed by atoms with Gasteiger partial charge in [0.25, 0.3) is 11.8 Å². The minimum atomic E-state index is -0.140. The van der Waals surface area contributed by atoms with Crippen molar-refractivity contribution in [1.82, 2.24) is 5.32 Å². The molecule has 0 spiro atoms. The quantitative estimate of drug-likeness (QED) is 0.640. The van der Waals surface area contributed by atoms with Crippen LogP contribution in [0.2, 0.25) is 0 Å². The van der Waals surface area contributed by atoms with Gasteiger partial charge < -0.3 is 25.0 Å². The van der Waals surface area contributed by atoms with E-state index < -0.39 is 0 Å². The molecule has 1 saturated carbocycles. The number of anilines is 1. The van der Waals surface area contributed by atoms with Gasteiger partial charge in [-0.3, -0.25) is 9.59 Å². The van der Waals surface area contributed by atoms with Gasteiger partial charge in [0.05, 0.1) is 7.05 Å². The second kappa shape index (κ2) is 6.87. The van der Waals surface area contributed by atoms with Crippen molar-refractivity contribution < 1.29 is 24.0 Å². The Bertz CT molecular complexity index is 601. The topological polar surface area (TPSA) is 81.1 Å². The van der Waals surface area contributed by atoms with Crippen molar-refractivity contribution in [3.05, 3.63) is 18.2 Å². The second-order valence-electron chi connectivity index (χ2n) is 6.06. The van der Waals surface area contributed by atoms with Crippen molar-refractivity contribution in [3.8, 4) is 11.5 Å². The van der Waals surface area contributed by atoms with E-state index in [1.807, 2.05) is 7.05 Å². The molecule has 1 fully saturated rings. The average molecular weight is 320 g/mol. The summed E-state index contributed by atoms with van der Waals surface area (Å²) in [6.07, 6.45) is 2.13. The molecule has 0 radical (unpaired) electrons. The maximum Gasteiger partial charge on any atom is 0.279 e. The first-order chi connectivity index (χ1) is 11.1. The zero-order valence-electron chi connectivity index (χ0n) is 13.2. The third-order valence-corrected chi connectivity index (χ3v) is 3.69. The number of fused-ring (bicyclic) bond motifs is 1. The summed E-state index contributed by atoms with van der Waals surface area (Å²) in [5, 5.41) is 5.74. The van der Waals surface area contributed by atoms with Crippen molar-refractivity contribution in [2.45, 2.75) is 18.9 Å². The zero-order valence-corrected chi connectivity index (χ0v) is 13.2. The van der Waals surface area contributed by atoms with Crippen molar-refractivity contribution in [2.24, 2.45) is 0 Å². The highest BCUT2D eigenvalue weighted by molar-refractivity contribution is 5.92. The number of hydrogen-bond acceptors (Lipinski definition) is 4. The van der Waals surface area contributed by atoms with Crippen LogP contribution >= 0.6 is 0 Å². The van der Waals surface area contributed by atoms with Crippen LogP contribution in [0.4, 0.5) is 5.69 Å². The lowest BCUT2D eigenvalue weighted by Crippen LogP contribution is -3.11. The van der Waals surface area contributed by atoms with Gasteiger partial charge >= 0.3 is 0 Å². The van der Waals surface area contributed by atoms with E-state index in [2.05, 4.69) is 10.6 Å². The molecule has 3 rings (SSSR count). The number of nitrogens with one attached hydrogen (secondary N) is 3. The van der Waals surface area contributed by atoms with Crippen LogP contribution in [0.3, 0.4) is 0 Å². The van der Waals surface area contributed by atoms with E-state index >= 15 is 0 Å². The Morgan fingerprint density at radius 3 is 2.57 bits per heavy atom. The Balaban J connectivity index is 1.47. The van der Waals surface area contributed by atoms with Gasteiger partial charge in [0.15, 0.2) is 24.6 Å². The van der Waals surface area contributed by atoms with Gasteiger partial charge in [0.1, 0.15) is 13.2 Å². The third-order valence-electron chi connectivity index (χ3n) is 3.69. The van der Waals surface area contributed by atoms with E-state index in [-0.39, 0.29) is 18.4 Å². The molecular formula is C16H22N3O4+. The molecule has 0 aromatic heterocycles. The Labute approximate surface area is 134 Å². The molecular weight excluding hydrogens is 298 g/mol. The minimum Gasteiger partial charge on any atom is -0.486 e. The number of likely N-dealkylation sites (N-methyl/N-ethyl adjacent to an activating group) is 1. The van der Waals surface area contributed by atoms with Crippen LogP contribution in [0.25, 0.3) is 0 Å². The standard InChI is InChI=1S/C16H21N3O4/c1-19(9-15(20)17-11-2-3-11)10-16(21)18-12-4-5-13-14(8-12)23-7-6-22-13/h4-5,8,11H,2-3,6-7,9-10H2,1H3,(H,17,20)(H,18,21)/p+1. The number of hydrogen-bond donors (Lipinski definition) is 3. The van der Waals surface area contributed by atoms with Crippen molar-refractivity contribution in [1.29, 1.82) is 0 Å². The molecule has 1 aliphatic carbocycles. The van der Waals surface area contributed by atoms with E-state index in [0.717, 1.165) is 17.7 Å². The molecule has 23 heavy (non-hydrogen) atoms. The average Bonchev–Trinajstić information content (AvgIpc) is 3.30. The molecule has 7 nitrogen and oxygen atoms in total. The first-order valence-corrected chi connectivity index (χ1v) is 7.90. The Morgan fingerprint density at radius 2 is 1.83 bits per heavy atom. The molecule has 1 atom stereocenters. The Morgan fingerprint density at radius 1 is 1.13 bits per heavy atom. The molecule has 1 aromatic rings. The molecule has 1 aromatic carbocycles. The van der Waals surface area contributed by atoms with E-state index in [1.54, 1.807) is 18.2 Å². The van der Waals surface area contributed by atoms with Crippen LogP contribution in [-0.4, -0.2) is 51.2 Å². The van der Waals surface area contributed by atoms with E-state index in [0.29, 0.717) is 43.0 Å². The molecule has 1 aliphatic heterocycles. The number of carbonyl (C=O) groups excluding carboxylic acids is 2. The van der Waals surface area contributed by atoms with Crippen LogP contribution in [0, 0.1) is 0 Å². The lowest BCUT2D eigenvalue weighted by atomic mass is 10.2. The summed E-state index contributed by atoms with van der Waals surface area (Å²) >= 11 is 0. The number of benzene rings is 1. The summed E-state index contributed by atoms with van der Waals surface area (Å²) in [5.41, 5.74) is 0.662. The Hall–Kier alpha value is -2.28. The molecule has 0 bridgehead atoms. The molecule has 2 aliphatic rings. The number of carbonyl (C=O) groups is 2. The summed E-state index contributed by atoms with van der Waals surface area (Å²) in [6, 6.07) is 5.66. The predicted molar refractivity (Wildman–Crippen MR) is 83.8 cm³/mol. The van der Waals surface area contributed by atoms with E-state index in [1.165, 1.54) is 0 Å². The van der Waals surface area contributed by atoms with Crippen LogP contribution < -0.4 is 25.0 Å². The van der Waals surface area contributed by atoms with Gasteiger partial charge in [-0.15, -0.1) is 0 Å². The predicted octanol–water partition coefficient (Wildman–Crippen LogP) is -0.810. The normalized spacial score (nSPS) is 17.3. The summed E-state index contributed by atoms with van der Waals surface area (Å²) in [6.45, 7) is 1.57. The summed E-state index contributed by atoms with van der Waals surface area (Å²) in [5.74, 6) is 1.18. The fraction of sp³-hybridized carbons (Fsp3) is 0.500. The van der Waals surface area contributed by atoms with Crippen molar-refractivity contribution >= 4 is 17.5 Å². The van der Waals surface area contributed by atoms with E-state index in [4.69, 9.17) is 9.47 Å². The molecule has 0 saturated heterocycles. The lowest BCUT2D eigenvalue weighted by molar-refractivity contribution is -0.862. The smallest absolute Gasteiger partial charge is 0.279 e. The monoisotopic (exact) mass is 320 g/mol.